The van der Waals surface area contributed by atoms with E-state index in [-0.39, 0.29) is 11.8 Å². The molecule has 1 aromatic rings. The summed E-state index contributed by atoms with van der Waals surface area (Å²) in [5, 5.41) is 0. The summed E-state index contributed by atoms with van der Waals surface area (Å²) in [6, 6.07) is 7.51. The van der Waals surface area contributed by atoms with Crippen LogP contribution in [0.1, 0.15) is 24.8 Å². The second-order valence-corrected chi connectivity index (χ2v) is 6.39. The van der Waals surface area contributed by atoms with Gasteiger partial charge in [0.1, 0.15) is 5.75 Å². The average molecular weight is 302 g/mol. The fourth-order valence-corrected chi connectivity index (χ4v) is 3.37. The highest BCUT2D eigenvalue weighted by molar-refractivity contribution is 6.05. The van der Waals surface area contributed by atoms with Crippen molar-refractivity contribution in [3.05, 3.63) is 29.8 Å². The molecule has 22 heavy (non-hydrogen) atoms. The van der Waals surface area contributed by atoms with Crippen LogP contribution >= 0.6 is 0 Å². The van der Waals surface area contributed by atoms with Crippen molar-refractivity contribution in [2.75, 3.05) is 27.2 Å². The lowest BCUT2D eigenvalue weighted by atomic mass is 9.77. The van der Waals surface area contributed by atoms with Crippen LogP contribution in [0, 0.1) is 5.41 Å². The highest BCUT2D eigenvalue weighted by atomic mass is 16.5. The number of imide groups is 1. The molecule has 1 spiro atoms. The van der Waals surface area contributed by atoms with Crippen LogP contribution in [-0.2, 0) is 16.1 Å². The number of benzene rings is 1. The van der Waals surface area contributed by atoms with E-state index in [9.17, 15) is 9.59 Å². The van der Waals surface area contributed by atoms with Crippen molar-refractivity contribution in [3.8, 4) is 5.75 Å². The molecule has 5 nitrogen and oxygen atoms in total. The topological polar surface area (TPSA) is 49.9 Å². The first-order valence-electron chi connectivity index (χ1n) is 7.70. The monoisotopic (exact) mass is 302 g/mol. The molecule has 2 heterocycles. The van der Waals surface area contributed by atoms with E-state index in [1.165, 1.54) is 4.90 Å². The van der Waals surface area contributed by atoms with Crippen LogP contribution in [0.25, 0.3) is 0 Å². The smallest absolute Gasteiger partial charge is 0.236 e. The Bertz CT molecular complexity index is 574. The van der Waals surface area contributed by atoms with E-state index in [1.54, 1.807) is 7.11 Å². The van der Waals surface area contributed by atoms with E-state index < -0.39 is 5.41 Å². The minimum absolute atomic E-state index is 0.0152. The van der Waals surface area contributed by atoms with Crippen molar-refractivity contribution in [1.82, 2.24) is 9.80 Å². The molecule has 2 fully saturated rings. The van der Waals surface area contributed by atoms with E-state index in [0.717, 1.165) is 37.2 Å². The normalized spacial score (nSPS) is 21.6. The van der Waals surface area contributed by atoms with Crippen molar-refractivity contribution in [1.29, 1.82) is 0 Å². The van der Waals surface area contributed by atoms with Crippen LogP contribution < -0.4 is 4.74 Å². The molecule has 0 N–H and O–H groups in total. The molecule has 0 aromatic heterocycles. The number of hydrogen-bond donors (Lipinski definition) is 0. The Morgan fingerprint density at radius 1 is 1.14 bits per heavy atom. The maximum Gasteiger partial charge on any atom is 0.236 e. The van der Waals surface area contributed by atoms with E-state index in [0.29, 0.717) is 13.0 Å². The molecule has 0 atom stereocenters. The third-order valence-electron chi connectivity index (χ3n) is 4.93. The molecule has 5 heteroatoms. The molecular weight excluding hydrogens is 280 g/mol. The highest BCUT2D eigenvalue weighted by Gasteiger charge is 2.51. The summed E-state index contributed by atoms with van der Waals surface area (Å²) in [5.41, 5.74) is 0.503. The molecule has 3 rings (SSSR count). The summed E-state index contributed by atoms with van der Waals surface area (Å²) >= 11 is 0. The summed E-state index contributed by atoms with van der Waals surface area (Å²) in [6.45, 7) is 2.13. The van der Waals surface area contributed by atoms with Crippen LogP contribution in [0.5, 0.6) is 5.75 Å². The zero-order valence-corrected chi connectivity index (χ0v) is 13.2. The van der Waals surface area contributed by atoms with Gasteiger partial charge in [-0.3, -0.25) is 14.5 Å². The summed E-state index contributed by atoms with van der Waals surface area (Å²) in [6.07, 6.45) is 1.94. The highest BCUT2D eigenvalue weighted by Crippen LogP contribution is 2.42. The summed E-state index contributed by atoms with van der Waals surface area (Å²) in [7, 11) is 3.68. The van der Waals surface area contributed by atoms with Crippen molar-refractivity contribution in [2.24, 2.45) is 5.41 Å². The summed E-state index contributed by atoms with van der Waals surface area (Å²) < 4.78 is 5.13. The Hall–Kier alpha value is -1.88. The molecular formula is C17H22N2O3. The molecule has 118 valence electrons. The second-order valence-electron chi connectivity index (χ2n) is 6.39. The van der Waals surface area contributed by atoms with E-state index in [1.807, 2.05) is 24.3 Å². The van der Waals surface area contributed by atoms with Gasteiger partial charge >= 0.3 is 0 Å². The predicted octanol–water partition coefficient (Wildman–Crippen LogP) is 1.67. The van der Waals surface area contributed by atoms with Gasteiger partial charge in [0.25, 0.3) is 0 Å². The van der Waals surface area contributed by atoms with Gasteiger partial charge in [-0.25, -0.2) is 0 Å². The molecule has 0 aliphatic carbocycles. The maximum absolute atomic E-state index is 12.8. The number of nitrogens with zero attached hydrogens (tertiary/aromatic N) is 2. The van der Waals surface area contributed by atoms with Gasteiger partial charge < -0.3 is 9.64 Å². The lowest BCUT2D eigenvalue weighted by Crippen LogP contribution is -2.43. The van der Waals surface area contributed by atoms with E-state index in [4.69, 9.17) is 4.74 Å². The van der Waals surface area contributed by atoms with Gasteiger partial charge in [0.2, 0.25) is 11.8 Å². The minimum Gasteiger partial charge on any atom is -0.497 e. The lowest BCUT2D eigenvalue weighted by Gasteiger charge is -2.35. The van der Waals surface area contributed by atoms with Crippen molar-refractivity contribution >= 4 is 11.8 Å². The van der Waals surface area contributed by atoms with Crippen LogP contribution in [0.3, 0.4) is 0 Å². The van der Waals surface area contributed by atoms with Gasteiger partial charge in [0.15, 0.2) is 0 Å². The first-order chi connectivity index (χ1) is 10.5. The molecule has 0 unspecified atom stereocenters. The molecule has 2 amide bonds. The van der Waals surface area contributed by atoms with Crippen LogP contribution in [0.15, 0.2) is 24.3 Å². The number of carbonyl (C=O) groups is 2. The van der Waals surface area contributed by atoms with Crippen LogP contribution in [0.2, 0.25) is 0 Å². The minimum atomic E-state index is -0.448. The number of rotatable bonds is 3. The summed E-state index contributed by atoms with van der Waals surface area (Å²) in [5.74, 6) is 0.751. The maximum atomic E-state index is 12.8. The van der Waals surface area contributed by atoms with Crippen LogP contribution in [0.4, 0.5) is 0 Å². The van der Waals surface area contributed by atoms with E-state index >= 15 is 0 Å². The first-order valence-corrected chi connectivity index (χ1v) is 7.70. The largest absolute Gasteiger partial charge is 0.497 e. The third kappa shape index (κ3) is 2.61. The Kier molecular flexibility index (Phi) is 3.91. The van der Waals surface area contributed by atoms with Gasteiger partial charge in [-0.1, -0.05) is 12.1 Å². The number of likely N-dealkylation sites (tertiary alicyclic amines) is 2. The van der Waals surface area contributed by atoms with E-state index in [2.05, 4.69) is 11.9 Å². The van der Waals surface area contributed by atoms with Crippen molar-refractivity contribution in [3.63, 3.8) is 0 Å². The number of ether oxygens (including phenoxy) is 1. The van der Waals surface area contributed by atoms with Crippen molar-refractivity contribution in [2.45, 2.75) is 25.8 Å². The number of amides is 2. The zero-order valence-electron chi connectivity index (χ0n) is 13.2. The summed E-state index contributed by atoms with van der Waals surface area (Å²) in [4.78, 5) is 28.8. The molecule has 1 aromatic carbocycles. The number of hydrogen-bond acceptors (Lipinski definition) is 4. The molecule has 2 aliphatic rings. The zero-order chi connectivity index (χ0) is 15.7. The standard InChI is InChI=1S/C17H22N2O3/c1-18-9-7-17(8-10-18)11-15(20)19(16(17)21)12-13-3-5-14(22-2)6-4-13/h3-6H,7-12H2,1-2H3. The average Bonchev–Trinajstić information content (AvgIpc) is 2.76. The quantitative estimate of drug-likeness (QED) is 0.797. The molecule has 2 aliphatic heterocycles. The fraction of sp³-hybridized carbons (Fsp3) is 0.529. The number of piperidine rings is 1. The van der Waals surface area contributed by atoms with Crippen molar-refractivity contribution < 1.29 is 14.3 Å². The first kappa shape index (κ1) is 15.0. The van der Waals surface area contributed by atoms with Gasteiger partial charge in [-0.05, 0) is 50.7 Å². The third-order valence-corrected chi connectivity index (χ3v) is 4.93. The van der Waals surface area contributed by atoms with Crippen LogP contribution in [-0.4, -0.2) is 48.9 Å². The molecule has 0 saturated carbocycles. The second kappa shape index (κ2) is 5.72. The molecule has 0 bridgehead atoms. The van der Waals surface area contributed by atoms with Gasteiger partial charge in [0.05, 0.1) is 19.1 Å². The van der Waals surface area contributed by atoms with Gasteiger partial charge in [-0.15, -0.1) is 0 Å². The van der Waals surface area contributed by atoms with Gasteiger partial charge in [-0.2, -0.15) is 0 Å². The fourth-order valence-electron chi connectivity index (χ4n) is 3.37. The molecule has 0 radical (unpaired) electrons. The number of methoxy groups -OCH3 is 1. The Morgan fingerprint density at radius 2 is 1.77 bits per heavy atom. The number of carbonyl (C=O) groups excluding carboxylic acids is 2. The predicted molar refractivity (Wildman–Crippen MR) is 82.3 cm³/mol. The lowest BCUT2D eigenvalue weighted by molar-refractivity contribution is -0.143. The SMILES string of the molecule is COc1ccc(CN2C(=O)CC3(CCN(C)CC3)C2=O)cc1. The Balaban J connectivity index is 1.74. The Morgan fingerprint density at radius 3 is 2.36 bits per heavy atom. The Labute approximate surface area is 130 Å². The molecule has 2 saturated heterocycles. The van der Waals surface area contributed by atoms with Gasteiger partial charge in [0, 0.05) is 6.42 Å².